The van der Waals surface area contributed by atoms with Gasteiger partial charge in [-0.15, -0.1) is 10.2 Å². The fourth-order valence-corrected chi connectivity index (χ4v) is 2.35. The number of benzene rings is 1. The van der Waals surface area contributed by atoms with Crippen molar-refractivity contribution in [3.05, 3.63) is 60.0 Å². The molecule has 0 saturated heterocycles. The van der Waals surface area contributed by atoms with E-state index in [1.54, 1.807) is 12.1 Å². The van der Waals surface area contributed by atoms with Crippen LogP contribution in [0.2, 0.25) is 0 Å². The van der Waals surface area contributed by atoms with Crippen molar-refractivity contribution < 1.29 is 9.59 Å². The van der Waals surface area contributed by atoms with Crippen LogP contribution in [0.3, 0.4) is 0 Å². The Balaban J connectivity index is 1.56. The zero-order valence-corrected chi connectivity index (χ0v) is 13.2. The lowest BCUT2D eigenvalue weighted by atomic mass is 10.1. The van der Waals surface area contributed by atoms with Crippen LogP contribution in [0.25, 0.3) is 5.65 Å². The third-order valence-electron chi connectivity index (χ3n) is 3.47. The maximum absolute atomic E-state index is 12.1. The largest absolute Gasteiger partial charge is 0.348 e. The van der Waals surface area contributed by atoms with Crippen LogP contribution in [-0.2, 0) is 22.6 Å². The van der Waals surface area contributed by atoms with Crippen molar-refractivity contribution in [3.8, 4) is 0 Å². The number of nitrogens with zero attached hydrogens (tertiary/aromatic N) is 3. The maximum atomic E-state index is 12.1. The van der Waals surface area contributed by atoms with E-state index in [0.717, 1.165) is 11.2 Å². The first-order chi connectivity index (χ1) is 11.6. The van der Waals surface area contributed by atoms with Crippen molar-refractivity contribution in [2.45, 2.75) is 19.9 Å². The van der Waals surface area contributed by atoms with Gasteiger partial charge in [-0.3, -0.25) is 14.0 Å². The second-order valence-corrected chi connectivity index (χ2v) is 5.38. The van der Waals surface area contributed by atoms with E-state index in [0.29, 0.717) is 18.1 Å². The minimum atomic E-state index is -0.124. The monoisotopic (exact) mass is 323 g/mol. The number of anilines is 1. The molecule has 0 fully saturated rings. The Morgan fingerprint density at radius 1 is 1.08 bits per heavy atom. The summed E-state index contributed by atoms with van der Waals surface area (Å²) in [5, 5.41) is 13.6. The highest BCUT2D eigenvalue weighted by atomic mass is 16.2. The van der Waals surface area contributed by atoms with Crippen LogP contribution < -0.4 is 10.6 Å². The number of carbonyl (C=O) groups excluding carboxylic acids is 2. The average molecular weight is 323 g/mol. The molecule has 2 aromatic heterocycles. The Labute approximate surface area is 138 Å². The van der Waals surface area contributed by atoms with Crippen LogP contribution in [0.5, 0.6) is 0 Å². The Hall–Kier alpha value is -3.22. The summed E-state index contributed by atoms with van der Waals surface area (Å²) in [6.07, 6.45) is 2.12. The zero-order chi connectivity index (χ0) is 16.9. The molecule has 0 spiro atoms. The second kappa shape index (κ2) is 6.91. The second-order valence-electron chi connectivity index (χ2n) is 5.38. The van der Waals surface area contributed by atoms with Gasteiger partial charge in [0.25, 0.3) is 0 Å². The van der Waals surface area contributed by atoms with E-state index < -0.39 is 0 Å². The third-order valence-corrected chi connectivity index (χ3v) is 3.47. The third kappa shape index (κ3) is 3.75. The SMILES string of the molecule is CC(=O)Nc1ccc(CC(=O)NCc2nnc3ccccn23)cc1. The number of hydrogen-bond donors (Lipinski definition) is 2. The standard InChI is InChI=1S/C17H17N5O2/c1-12(23)19-14-7-5-13(6-8-14)10-17(24)18-11-16-21-20-15-4-2-3-9-22(15)16/h2-9H,10-11H2,1H3,(H,18,24)(H,19,23). The van der Waals surface area contributed by atoms with E-state index in [1.165, 1.54) is 6.92 Å². The maximum Gasteiger partial charge on any atom is 0.224 e. The van der Waals surface area contributed by atoms with E-state index >= 15 is 0 Å². The van der Waals surface area contributed by atoms with Crippen LogP contribution in [0, 0.1) is 0 Å². The smallest absolute Gasteiger partial charge is 0.224 e. The van der Waals surface area contributed by atoms with Crippen LogP contribution in [-0.4, -0.2) is 26.4 Å². The molecule has 7 heteroatoms. The molecule has 0 bridgehead atoms. The summed E-state index contributed by atoms with van der Waals surface area (Å²) in [5.41, 5.74) is 2.32. The van der Waals surface area contributed by atoms with E-state index in [9.17, 15) is 9.59 Å². The number of hydrogen-bond acceptors (Lipinski definition) is 4. The van der Waals surface area contributed by atoms with Gasteiger partial charge in [0.2, 0.25) is 11.8 Å². The fraction of sp³-hybridized carbons (Fsp3) is 0.176. The first-order valence-corrected chi connectivity index (χ1v) is 7.54. The molecular weight excluding hydrogens is 306 g/mol. The molecule has 24 heavy (non-hydrogen) atoms. The molecule has 2 N–H and O–H groups in total. The van der Waals surface area contributed by atoms with Gasteiger partial charge in [-0.25, -0.2) is 0 Å². The molecular formula is C17H17N5O2. The number of rotatable bonds is 5. The molecule has 0 aliphatic carbocycles. The Morgan fingerprint density at radius 3 is 2.62 bits per heavy atom. The van der Waals surface area contributed by atoms with Crippen molar-refractivity contribution in [1.29, 1.82) is 0 Å². The molecule has 0 atom stereocenters. The molecule has 122 valence electrons. The van der Waals surface area contributed by atoms with Crippen molar-refractivity contribution in [2.24, 2.45) is 0 Å². The molecule has 0 unspecified atom stereocenters. The lowest BCUT2D eigenvalue weighted by molar-refractivity contribution is -0.120. The highest BCUT2D eigenvalue weighted by Gasteiger charge is 2.08. The molecule has 0 aliphatic rings. The zero-order valence-electron chi connectivity index (χ0n) is 13.2. The minimum Gasteiger partial charge on any atom is -0.348 e. The van der Waals surface area contributed by atoms with Gasteiger partial charge in [-0.05, 0) is 29.8 Å². The summed E-state index contributed by atoms with van der Waals surface area (Å²) in [5.74, 6) is 0.455. The summed E-state index contributed by atoms with van der Waals surface area (Å²) in [6, 6.07) is 12.8. The van der Waals surface area contributed by atoms with Crippen molar-refractivity contribution in [3.63, 3.8) is 0 Å². The Morgan fingerprint density at radius 2 is 1.88 bits per heavy atom. The lowest BCUT2D eigenvalue weighted by Crippen LogP contribution is -2.25. The minimum absolute atomic E-state index is 0.102. The summed E-state index contributed by atoms with van der Waals surface area (Å²) >= 11 is 0. The van der Waals surface area contributed by atoms with Crippen molar-refractivity contribution >= 4 is 23.1 Å². The molecule has 0 radical (unpaired) electrons. The van der Waals surface area contributed by atoms with E-state index in [-0.39, 0.29) is 18.2 Å². The van der Waals surface area contributed by atoms with Gasteiger partial charge in [0.1, 0.15) is 0 Å². The summed E-state index contributed by atoms with van der Waals surface area (Å²) in [7, 11) is 0. The van der Waals surface area contributed by atoms with E-state index in [2.05, 4.69) is 20.8 Å². The highest BCUT2D eigenvalue weighted by Crippen LogP contribution is 2.10. The normalized spacial score (nSPS) is 10.5. The summed E-state index contributed by atoms with van der Waals surface area (Å²) in [6.45, 7) is 1.77. The van der Waals surface area contributed by atoms with E-state index in [1.807, 2.05) is 40.9 Å². The molecule has 7 nitrogen and oxygen atoms in total. The average Bonchev–Trinajstić information content (AvgIpc) is 2.98. The molecule has 2 amide bonds. The number of fused-ring (bicyclic) bond motifs is 1. The van der Waals surface area contributed by atoms with Gasteiger partial charge in [-0.2, -0.15) is 0 Å². The molecule has 0 saturated carbocycles. The molecule has 0 aliphatic heterocycles. The first-order valence-electron chi connectivity index (χ1n) is 7.54. The van der Waals surface area contributed by atoms with Gasteiger partial charge in [0, 0.05) is 18.8 Å². The van der Waals surface area contributed by atoms with E-state index in [4.69, 9.17) is 0 Å². The van der Waals surface area contributed by atoms with Crippen molar-refractivity contribution in [2.75, 3.05) is 5.32 Å². The fourth-order valence-electron chi connectivity index (χ4n) is 2.35. The van der Waals surface area contributed by atoms with Gasteiger partial charge >= 0.3 is 0 Å². The lowest BCUT2D eigenvalue weighted by Gasteiger charge is -2.06. The van der Waals surface area contributed by atoms with Gasteiger partial charge in [0.15, 0.2) is 11.5 Å². The topological polar surface area (TPSA) is 88.4 Å². The Bertz CT molecular complexity index is 870. The van der Waals surface area contributed by atoms with Crippen LogP contribution in [0.15, 0.2) is 48.7 Å². The summed E-state index contributed by atoms with van der Waals surface area (Å²) < 4.78 is 1.84. The van der Waals surface area contributed by atoms with Gasteiger partial charge in [-0.1, -0.05) is 18.2 Å². The predicted molar refractivity (Wildman–Crippen MR) is 89.3 cm³/mol. The van der Waals surface area contributed by atoms with Crippen molar-refractivity contribution in [1.82, 2.24) is 19.9 Å². The van der Waals surface area contributed by atoms with Crippen LogP contribution in [0.4, 0.5) is 5.69 Å². The number of amides is 2. The van der Waals surface area contributed by atoms with Crippen LogP contribution >= 0.6 is 0 Å². The van der Waals surface area contributed by atoms with Gasteiger partial charge < -0.3 is 10.6 Å². The van der Waals surface area contributed by atoms with Crippen LogP contribution in [0.1, 0.15) is 18.3 Å². The Kier molecular flexibility index (Phi) is 4.51. The quantitative estimate of drug-likeness (QED) is 0.745. The number of pyridine rings is 1. The predicted octanol–water partition coefficient (Wildman–Crippen LogP) is 1.55. The number of nitrogens with one attached hydrogen (secondary N) is 2. The highest BCUT2D eigenvalue weighted by molar-refractivity contribution is 5.88. The molecule has 3 rings (SSSR count). The summed E-state index contributed by atoms with van der Waals surface area (Å²) in [4.78, 5) is 23.0. The number of carbonyl (C=O) groups is 2. The molecule has 2 heterocycles. The molecule has 3 aromatic rings. The first kappa shape index (κ1) is 15.7. The van der Waals surface area contributed by atoms with Gasteiger partial charge in [0.05, 0.1) is 13.0 Å². The molecule has 1 aromatic carbocycles. The number of aromatic nitrogens is 3.